The maximum atomic E-state index is 12.7. The number of fused-ring (bicyclic) bond motifs is 2. The van der Waals surface area contributed by atoms with Gasteiger partial charge in [0, 0.05) is 59.7 Å². The number of alkyl carbamates (subject to hydrolysis) is 1. The van der Waals surface area contributed by atoms with Crippen LogP contribution in [0.2, 0.25) is 0 Å². The van der Waals surface area contributed by atoms with Crippen LogP contribution in [0.3, 0.4) is 0 Å². The van der Waals surface area contributed by atoms with Crippen molar-refractivity contribution in [1.29, 1.82) is 0 Å². The number of carbonyl (C=O) groups excluding carboxylic acids is 2. The molecule has 10 heteroatoms. The van der Waals surface area contributed by atoms with Crippen LogP contribution >= 0.6 is 0 Å². The van der Waals surface area contributed by atoms with Gasteiger partial charge in [-0.05, 0) is 89.6 Å². The summed E-state index contributed by atoms with van der Waals surface area (Å²) in [5.41, 5.74) is 4.48. The van der Waals surface area contributed by atoms with E-state index in [-0.39, 0.29) is 11.4 Å². The van der Waals surface area contributed by atoms with Gasteiger partial charge in [0.25, 0.3) is 5.91 Å². The second-order valence-corrected chi connectivity index (χ2v) is 12.6. The quantitative estimate of drug-likeness (QED) is 0.200. The molecule has 2 amide bonds. The van der Waals surface area contributed by atoms with Crippen molar-refractivity contribution in [3.63, 3.8) is 0 Å². The summed E-state index contributed by atoms with van der Waals surface area (Å²) in [5.74, 6) is 0.600. The molecular weight excluding hydrogens is 542 g/mol. The van der Waals surface area contributed by atoms with Crippen LogP contribution in [-0.2, 0) is 17.8 Å². The SMILES string of the molecule is CC(C)(C)NC(=O)c1cccc(Cn2ccc3cc(Nc4ncnc5ccn(CCNC(=O)OC(C)(C)C)c45)ccc32)c1. The maximum absolute atomic E-state index is 12.7. The Bertz CT molecular complexity index is 1770. The monoisotopic (exact) mass is 581 g/mol. The van der Waals surface area contributed by atoms with Crippen molar-refractivity contribution in [2.45, 2.75) is 65.8 Å². The largest absolute Gasteiger partial charge is 0.444 e. The Labute approximate surface area is 251 Å². The molecule has 0 spiro atoms. The standard InChI is InChI=1S/C33H39N7O3/c1-32(2,3)38-30(41)24-9-7-8-22(18-24)20-40-15-12-23-19-25(10-11-27(23)40)37-29-28-26(35-21-36-29)13-16-39(28)17-14-34-31(42)43-33(4,5)6/h7-13,15-16,18-19,21H,14,17,20H2,1-6H3,(H,34,42)(H,38,41)(H,35,36,37). The molecule has 224 valence electrons. The summed E-state index contributed by atoms with van der Waals surface area (Å²) in [4.78, 5) is 33.7. The first-order valence-corrected chi connectivity index (χ1v) is 14.4. The topological polar surface area (TPSA) is 115 Å². The predicted molar refractivity (Wildman–Crippen MR) is 170 cm³/mol. The van der Waals surface area contributed by atoms with E-state index in [0.29, 0.717) is 31.0 Å². The highest BCUT2D eigenvalue weighted by Gasteiger charge is 2.17. The summed E-state index contributed by atoms with van der Waals surface area (Å²) >= 11 is 0. The highest BCUT2D eigenvalue weighted by molar-refractivity contribution is 5.95. The van der Waals surface area contributed by atoms with E-state index in [2.05, 4.69) is 54.9 Å². The molecule has 2 aromatic carbocycles. The molecule has 0 saturated carbocycles. The highest BCUT2D eigenvalue weighted by atomic mass is 16.6. The van der Waals surface area contributed by atoms with E-state index in [1.165, 1.54) is 0 Å². The van der Waals surface area contributed by atoms with Crippen molar-refractivity contribution < 1.29 is 14.3 Å². The average Bonchev–Trinajstić information content (AvgIpc) is 3.51. The van der Waals surface area contributed by atoms with Gasteiger partial charge in [-0.3, -0.25) is 4.79 Å². The minimum atomic E-state index is -0.549. The van der Waals surface area contributed by atoms with Gasteiger partial charge in [-0.15, -0.1) is 0 Å². The lowest BCUT2D eigenvalue weighted by Crippen LogP contribution is -2.40. The van der Waals surface area contributed by atoms with Gasteiger partial charge in [0.05, 0.1) is 5.52 Å². The van der Waals surface area contributed by atoms with Crippen LogP contribution < -0.4 is 16.0 Å². The molecule has 0 radical (unpaired) electrons. The minimum Gasteiger partial charge on any atom is -0.444 e. The van der Waals surface area contributed by atoms with Crippen LogP contribution in [0.1, 0.15) is 57.5 Å². The van der Waals surface area contributed by atoms with E-state index < -0.39 is 11.7 Å². The molecule has 3 N–H and O–H groups in total. The van der Waals surface area contributed by atoms with Crippen LogP contribution in [0.15, 0.2) is 73.3 Å². The van der Waals surface area contributed by atoms with Gasteiger partial charge < -0.3 is 29.8 Å². The molecule has 0 saturated heterocycles. The number of nitrogens with one attached hydrogen (secondary N) is 3. The maximum Gasteiger partial charge on any atom is 0.407 e. The fourth-order valence-corrected chi connectivity index (χ4v) is 4.88. The number of anilines is 2. The first-order chi connectivity index (χ1) is 20.3. The van der Waals surface area contributed by atoms with E-state index in [1.807, 2.05) is 88.7 Å². The molecule has 5 aromatic rings. The Morgan fingerprint density at radius 2 is 1.70 bits per heavy atom. The van der Waals surface area contributed by atoms with Crippen molar-refractivity contribution >= 4 is 45.4 Å². The third-order valence-electron chi connectivity index (χ3n) is 6.64. The average molecular weight is 582 g/mol. The molecule has 3 heterocycles. The van der Waals surface area contributed by atoms with Crippen molar-refractivity contribution in [1.82, 2.24) is 29.7 Å². The number of carbonyl (C=O) groups is 2. The second kappa shape index (κ2) is 11.8. The highest BCUT2D eigenvalue weighted by Crippen LogP contribution is 2.27. The molecule has 3 aromatic heterocycles. The van der Waals surface area contributed by atoms with Crippen LogP contribution in [0, 0.1) is 0 Å². The van der Waals surface area contributed by atoms with Crippen LogP contribution in [0.25, 0.3) is 21.9 Å². The summed E-state index contributed by atoms with van der Waals surface area (Å²) in [6, 6.07) is 18.0. The molecule has 0 fully saturated rings. The lowest BCUT2D eigenvalue weighted by atomic mass is 10.1. The Kier molecular flexibility index (Phi) is 8.12. The smallest absolute Gasteiger partial charge is 0.407 e. The lowest BCUT2D eigenvalue weighted by molar-refractivity contribution is 0.0526. The first kappa shape index (κ1) is 29.6. The normalized spacial score (nSPS) is 12.0. The van der Waals surface area contributed by atoms with Crippen molar-refractivity contribution in [3.05, 3.63) is 84.4 Å². The van der Waals surface area contributed by atoms with Crippen LogP contribution in [0.4, 0.5) is 16.3 Å². The number of rotatable bonds is 8. The van der Waals surface area contributed by atoms with Gasteiger partial charge >= 0.3 is 6.09 Å². The molecule has 43 heavy (non-hydrogen) atoms. The fraction of sp³-hybridized carbons (Fsp3) is 0.333. The molecule has 5 rings (SSSR count). The summed E-state index contributed by atoms with van der Waals surface area (Å²) < 4.78 is 9.52. The van der Waals surface area contributed by atoms with Gasteiger partial charge in [0.2, 0.25) is 0 Å². The second-order valence-electron chi connectivity index (χ2n) is 12.6. The van der Waals surface area contributed by atoms with Gasteiger partial charge in [-0.1, -0.05) is 12.1 Å². The molecule has 0 unspecified atom stereocenters. The molecule has 0 aliphatic heterocycles. The number of ether oxygens (including phenoxy) is 1. The molecule has 0 aliphatic carbocycles. The summed E-state index contributed by atoms with van der Waals surface area (Å²) in [6.45, 7) is 13.0. The molecule has 0 aliphatic rings. The molecular formula is C33H39N7O3. The predicted octanol–water partition coefficient (Wildman–Crippen LogP) is 6.23. The third-order valence-corrected chi connectivity index (χ3v) is 6.64. The van der Waals surface area contributed by atoms with Crippen molar-refractivity contribution in [3.8, 4) is 0 Å². The number of aromatic nitrogens is 4. The number of amides is 2. The van der Waals surface area contributed by atoms with Crippen LogP contribution in [-0.4, -0.2) is 48.8 Å². The number of nitrogens with zero attached hydrogens (tertiary/aromatic N) is 4. The zero-order valence-electron chi connectivity index (χ0n) is 25.6. The van der Waals surface area contributed by atoms with E-state index in [0.717, 1.165) is 33.2 Å². The van der Waals surface area contributed by atoms with Gasteiger partial charge in [0.1, 0.15) is 17.4 Å². The van der Waals surface area contributed by atoms with Crippen molar-refractivity contribution in [2.24, 2.45) is 0 Å². The lowest BCUT2D eigenvalue weighted by Gasteiger charge is -2.20. The molecule has 0 atom stereocenters. The number of hydrogen-bond donors (Lipinski definition) is 3. The minimum absolute atomic E-state index is 0.0771. The van der Waals surface area contributed by atoms with Crippen molar-refractivity contribution in [2.75, 3.05) is 11.9 Å². The van der Waals surface area contributed by atoms with Gasteiger partial charge in [0.15, 0.2) is 5.82 Å². The zero-order valence-corrected chi connectivity index (χ0v) is 25.6. The fourth-order valence-electron chi connectivity index (χ4n) is 4.88. The Morgan fingerprint density at radius 3 is 2.47 bits per heavy atom. The molecule has 0 bridgehead atoms. The van der Waals surface area contributed by atoms with E-state index in [9.17, 15) is 9.59 Å². The van der Waals surface area contributed by atoms with Gasteiger partial charge in [-0.2, -0.15) is 0 Å². The Hall–Kier alpha value is -4.86. The Morgan fingerprint density at radius 1 is 0.907 bits per heavy atom. The van der Waals surface area contributed by atoms with E-state index >= 15 is 0 Å². The number of hydrogen-bond acceptors (Lipinski definition) is 6. The van der Waals surface area contributed by atoms with Gasteiger partial charge in [-0.25, -0.2) is 14.8 Å². The van der Waals surface area contributed by atoms with E-state index in [4.69, 9.17) is 4.74 Å². The summed E-state index contributed by atoms with van der Waals surface area (Å²) in [6.07, 6.45) is 5.09. The van der Waals surface area contributed by atoms with Crippen LogP contribution in [0.5, 0.6) is 0 Å². The third kappa shape index (κ3) is 7.51. The zero-order chi connectivity index (χ0) is 30.8. The number of benzene rings is 2. The van der Waals surface area contributed by atoms with E-state index in [1.54, 1.807) is 6.33 Å². The first-order valence-electron chi connectivity index (χ1n) is 14.4. The summed E-state index contributed by atoms with van der Waals surface area (Å²) in [7, 11) is 0. The summed E-state index contributed by atoms with van der Waals surface area (Å²) in [5, 5.41) is 10.4. The Balaban J connectivity index is 1.30. The molecule has 10 nitrogen and oxygen atoms in total.